The highest BCUT2D eigenvalue weighted by Gasteiger charge is 2.18. The largest absolute Gasteiger partial charge is 0.383 e. The Morgan fingerprint density at radius 2 is 2.11 bits per heavy atom. The summed E-state index contributed by atoms with van der Waals surface area (Å²) < 4.78 is 2.02. The van der Waals surface area contributed by atoms with E-state index in [2.05, 4.69) is 13.0 Å². The average Bonchev–Trinajstić information content (AvgIpc) is 2.70. The molecule has 0 atom stereocenters. The number of fused-ring (bicyclic) bond motifs is 1. The maximum Gasteiger partial charge on any atom is 0.141 e. The normalized spacial score (nSPS) is 17.4. The topological polar surface area (TPSA) is 43.3 Å². The zero-order valence-corrected chi connectivity index (χ0v) is 11.0. The van der Waals surface area contributed by atoms with Crippen molar-refractivity contribution in [2.75, 3.05) is 5.73 Å². The number of hydrogen-bond donors (Lipinski definition) is 1. The molecule has 1 aliphatic rings. The van der Waals surface area contributed by atoms with Crippen molar-refractivity contribution < 1.29 is 0 Å². The molecule has 1 fully saturated rings. The van der Waals surface area contributed by atoms with Gasteiger partial charge in [-0.25, -0.2) is 4.98 Å². The van der Waals surface area contributed by atoms with E-state index in [0.29, 0.717) is 0 Å². The molecule has 1 saturated carbocycles. The van der Waals surface area contributed by atoms with Gasteiger partial charge in [0, 0.05) is 6.20 Å². The third kappa shape index (κ3) is 1.98. The highest BCUT2D eigenvalue weighted by molar-refractivity contribution is 5.57. The number of rotatable bonds is 2. The average molecular weight is 243 g/mol. The molecule has 0 spiro atoms. The Morgan fingerprint density at radius 3 is 2.83 bits per heavy atom. The number of anilines is 1. The van der Waals surface area contributed by atoms with E-state index in [4.69, 9.17) is 10.7 Å². The van der Waals surface area contributed by atoms with Crippen LogP contribution in [0, 0.1) is 12.8 Å². The molecule has 1 aliphatic carbocycles. The van der Waals surface area contributed by atoms with Crippen molar-refractivity contribution in [2.24, 2.45) is 5.92 Å². The van der Waals surface area contributed by atoms with Crippen molar-refractivity contribution in [2.45, 2.75) is 45.4 Å². The van der Waals surface area contributed by atoms with Crippen molar-refractivity contribution in [3.05, 3.63) is 29.6 Å². The molecule has 0 radical (unpaired) electrons. The standard InChI is InChI=1S/C15H21N3/c1-11-6-5-9-18-14(16)13(17-15(11)18)10-12-7-3-2-4-8-12/h5-6,9,12H,2-4,7-8,10,16H2,1H3. The second kappa shape index (κ2) is 4.63. The number of imidazole rings is 1. The summed E-state index contributed by atoms with van der Waals surface area (Å²) in [6, 6.07) is 4.12. The summed E-state index contributed by atoms with van der Waals surface area (Å²) in [6.45, 7) is 2.09. The first-order chi connectivity index (χ1) is 8.75. The predicted octanol–water partition coefficient (Wildman–Crippen LogP) is 3.35. The second-order valence-corrected chi connectivity index (χ2v) is 5.54. The van der Waals surface area contributed by atoms with Gasteiger partial charge in [0.15, 0.2) is 0 Å². The molecule has 0 amide bonds. The summed E-state index contributed by atoms with van der Waals surface area (Å²) in [5, 5.41) is 0. The maximum absolute atomic E-state index is 6.23. The van der Waals surface area contributed by atoms with E-state index < -0.39 is 0 Å². The van der Waals surface area contributed by atoms with E-state index >= 15 is 0 Å². The van der Waals surface area contributed by atoms with Crippen LogP contribution in [0.1, 0.15) is 43.4 Å². The smallest absolute Gasteiger partial charge is 0.141 e. The van der Waals surface area contributed by atoms with Crippen molar-refractivity contribution in [3.8, 4) is 0 Å². The van der Waals surface area contributed by atoms with Crippen LogP contribution in [0.5, 0.6) is 0 Å². The van der Waals surface area contributed by atoms with Gasteiger partial charge in [-0.2, -0.15) is 0 Å². The number of aryl methyl sites for hydroxylation is 1. The predicted molar refractivity (Wildman–Crippen MR) is 74.6 cm³/mol. The van der Waals surface area contributed by atoms with Gasteiger partial charge in [-0.1, -0.05) is 38.2 Å². The molecular formula is C15H21N3. The van der Waals surface area contributed by atoms with Gasteiger partial charge in [0.25, 0.3) is 0 Å². The molecule has 2 N–H and O–H groups in total. The van der Waals surface area contributed by atoms with Crippen LogP contribution in [0.2, 0.25) is 0 Å². The molecule has 0 aliphatic heterocycles. The Bertz CT molecular complexity index is 550. The highest BCUT2D eigenvalue weighted by atomic mass is 15.1. The molecule has 18 heavy (non-hydrogen) atoms. The molecule has 2 aromatic heterocycles. The lowest BCUT2D eigenvalue weighted by Crippen LogP contribution is -2.10. The Balaban J connectivity index is 1.92. The lowest BCUT2D eigenvalue weighted by molar-refractivity contribution is 0.355. The van der Waals surface area contributed by atoms with E-state index in [1.54, 1.807) is 0 Å². The number of aromatic nitrogens is 2. The van der Waals surface area contributed by atoms with Gasteiger partial charge in [-0.05, 0) is 30.9 Å². The van der Waals surface area contributed by atoms with Crippen LogP contribution in [-0.4, -0.2) is 9.38 Å². The maximum atomic E-state index is 6.23. The third-order valence-electron chi connectivity index (χ3n) is 4.17. The van der Waals surface area contributed by atoms with Gasteiger partial charge in [0.1, 0.15) is 11.5 Å². The Morgan fingerprint density at radius 1 is 1.33 bits per heavy atom. The molecule has 3 heteroatoms. The molecule has 0 aromatic carbocycles. The molecule has 3 nitrogen and oxygen atoms in total. The number of hydrogen-bond acceptors (Lipinski definition) is 2. The van der Waals surface area contributed by atoms with Crippen molar-refractivity contribution in [1.82, 2.24) is 9.38 Å². The van der Waals surface area contributed by atoms with Crippen LogP contribution in [0.3, 0.4) is 0 Å². The number of nitrogen functional groups attached to an aromatic ring is 1. The minimum Gasteiger partial charge on any atom is -0.383 e. The quantitative estimate of drug-likeness (QED) is 0.879. The summed E-state index contributed by atoms with van der Waals surface area (Å²) >= 11 is 0. The van der Waals surface area contributed by atoms with E-state index in [0.717, 1.165) is 29.5 Å². The molecule has 0 saturated heterocycles. The number of nitrogens with two attached hydrogens (primary N) is 1. The fourth-order valence-corrected chi connectivity index (χ4v) is 3.08. The van der Waals surface area contributed by atoms with Crippen molar-refractivity contribution >= 4 is 11.5 Å². The molecule has 2 heterocycles. The summed E-state index contributed by atoms with van der Waals surface area (Å²) in [5.41, 5.74) is 9.53. The third-order valence-corrected chi connectivity index (χ3v) is 4.17. The fraction of sp³-hybridized carbons (Fsp3) is 0.533. The summed E-state index contributed by atoms with van der Waals surface area (Å²) in [5.74, 6) is 1.62. The first-order valence-electron chi connectivity index (χ1n) is 6.97. The SMILES string of the molecule is Cc1cccn2c(N)c(CC3CCCCC3)nc12. The van der Waals surface area contributed by atoms with E-state index in [1.807, 2.05) is 16.7 Å². The van der Waals surface area contributed by atoms with E-state index in [1.165, 1.54) is 37.7 Å². The number of nitrogens with zero attached hydrogens (tertiary/aromatic N) is 2. The zero-order chi connectivity index (χ0) is 12.5. The molecule has 0 bridgehead atoms. The first-order valence-corrected chi connectivity index (χ1v) is 6.97. The molecule has 3 rings (SSSR count). The van der Waals surface area contributed by atoms with Crippen LogP contribution in [-0.2, 0) is 6.42 Å². The van der Waals surface area contributed by atoms with Gasteiger partial charge < -0.3 is 5.73 Å². The van der Waals surface area contributed by atoms with Crippen molar-refractivity contribution in [3.63, 3.8) is 0 Å². The lowest BCUT2D eigenvalue weighted by Gasteiger charge is -2.20. The molecule has 0 unspecified atom stereocenters. The molecular weight excluding hydrogens is 222 g/mol. The Hall–Kier alpha value is -1.51. The number of pyridine rings is 1. The molecule has 96 valence electrons. The second-order valence-electron chi connectivity index (χ2n) is 5.54. The first kappa shape index (κ1) is 11.6. The minimum absolute atomic E-state index is 0.784. The summed E-state index contributed by atoms with van der Waals surface area (Å²) in [7, 11) is 0. The van der Waals surface area contributed by atoms with Gasteiger partial charge in [-0.3, -0.25) is 4.40 Å². The Labute approximate surface area is 108 Å². The van der Waals surface area contributed by atoms with Crippen molar-refractivity contribution in [1.29, 1.82) is 0 Å². The van der Waals surface area contributed by atoms with Crippen LogP contribution >= 0.6 is 0 Å². The highest BCUT2D eigenvalue weighted by Crippen LogP contribution is 2.29. The monoisotopic (exact) mass is 243 g/mol. The zero-order valence-electron chi connectivity index (χ0n) is 11.0. The minimum atomic E-state index is 0.784. The van der Waals surface area contributed by atoms with Gasteiger partial charge in [0.2, 0.25) is 0 Å². The van der Waals surface area contributed by atoms with Gasteiger partial charge in [0.05, 0.1) is 5.69 Å². The fourth-order valence-electron chi connectivity index (χ4n) is 3.08. The van der Waals surface area contributed by atoms with E-state index in [9.17, 15) is 0 Å². The Kier molecular flexibility index (Phi) is 2.98. The van der Waals surface area contributed by atoms with Gasteiger partial charge in [-0.15, -0.1) is 0 Å². The summed E-state index contributed by atoms with van der Waals surface area (Å²) in [6.07, 6.45) is 9.88. The van der Waals surface area contributed by atoms with Crippen LogP contribution < -0.4 is 5.73 Å². The van der Waals surface area contributed by atoms with E-state index in [-0.39, 0.29) is 0 Å². The lowest BCUT2D eigenvalue weighted by atomic mass is 9.86. The van der Waals surface area contributed by atoms with Crippen LogP contribution in [0.15, 0.2) is 18.3 Å². The van der Waals surface area contributed by atoms with Gasteiger partial charge >= 0.3 is 0 Å². The molecule has 2 aromatic rings. The van der Waals surface area contributed by atoms with Crippen LogP contribution in [0.4, 0.5) is 5.82 Å². The van der Waals surface area contributed by atoms with Crippen LogP contribution in [0.25, 0.3) is 5.65 Å². The summed E-state index contributed by atoms with van der Waals surface area (Å²) in [4.78, 5) is 4.74.